The molecule has 2 aromatic rings. The van der Waals surface area contributed by atoms with Crippen molar-refractivity contribution in [2.75, 3.05) is 13.7 Å². The third-order valence-corrected chi connectivity index (χ3v) is 4.05. The van der Waals surface area contributed by atoms with Crippen LogP contribution in [-0.2, 0) is 19.5 Å². The topological polar surface area (TPSA) is 81.8 Å². The molecule has 1 fully saturated rings. The van der Waals surface area contributed by atoms with Crippen molar-refractivity contribution in [2.45, 2.75) is 38.4 Å². The van der Waals surface area contributed by atoms with Crippen LogP contribution < -0.4 is 4.74 Å². The van der Waals surface area contributed by atoms with Crippen molar-refractivity contribution in [1.82, 2.24) is 35.1 Å². The third-order valence-electron chi connectivity index (χ3n) is 4.05. The van der Waals surface area contributed by atoms with Crippen molar-refractivity contribution in [3.63, 3.8) is 0 Å². The second kappa shape index (κ2) is 5.03. The van der Waals surface area contributed by atoms with E-state index in [0.717, 1.165) is 43.1 Å². The van der Waals surface area contributed by atoms with Gasteiger partial charge in [0.05, 0.1) is 25.4 Å². The summed E-state index contributed by atoms with van der Waals surface area (Å²) in [4.78, 5) is 10.9. The summed E-state index contributed by atoms with van der Waals surface area (Å²) >= 11 is 0. The van der Waals surface area contributed by atoms with Gasteiger partial charge in [0, 0.05) is 25.1 Å². The molecular weight excluding hydrogens is 270 g/mol. The number of rotatable bonds is 4. The SMILES string of the molecule is COc1ncnc2c1CN(Cc1nnnn1C1CC1)CC2. The second-order valence-electron chi connectivity index (χ2n) is 5.54. The highest BCUT2D eigenvalue weighted by atomic mass is 16.5. The van der Waals surface area contributed by atoms with Gasteiger partial charge in [-0.25, -0.2) is 14.6 Å². The van der Waals surface area contributed by atoms with Crippen LogP contribution in [0.4, 0.5) is 0 Å². The van der Waals surface area contributed by atoms with Gasteiger partial charge in [-0.1, -0.05) is 0 Å². The maximum atomic E-state index is 5.34. The van der Waals surface area contributed by atoms with Gasteiger partial charge in [0.25, 0.3) is 0 Å². The molecule has 0 atom stereocenters. The Morgan fingerprint density at radius 2 is 2.24 bits per heavy atom. The number of aromatic nitrogens is 6. The van der Waals surface area contributed by atoms with Crippen LogP contribution in [0.5, 0.6) is 5.88 Å². The first-order valence-corrected chi connectivity index (χ1v) is 7.21. The number of methoxy groups -OCH3 is 1. The molecule has 2 aromatic heterocycles. The van der Waals surface area contributed by atoms with E-state index in [-0.39, 0.29) is 0 Å². The van der Waals surface area contributed by atoms with Crippen molar-refractivity contribution >= 4 is 0 Å². The Hall–Kier alpha value is -2.09. The normalized spacial score (nSPS) is 18.5. The summed E-state index contributed by atoms with van der Waals surface area (Å²) < 4.78 is 7.31. The maximum absolute atomic E-state index is 5.34. The number of ether oxygens (including phenoxy) is 1. The van der Waals surface area contributed by atoms with Gasteiger partial charge in [-0.2, -0.15) is 0 Å². The lowest BCUT2D eigenvalue weighted by molar-refractivity contribution is 0.226. The molecule has 0 spiro atoms. The summed E-state index contributed by atoms with van der Waals surface area (Å²) in [6.45, 7) is 2.47. The Balaban J connectivity index is 1.54. The monoisotopic (exact) mass is 287 g/mol. The summed E-state index contributed by atoms with van der Waals surface area (Å²) in [5.41, 5.74) is 2.16. The Labute approximate surface area is 122 Å². The fraction of sp³-hybridized carbons (Fsp3) is 0.615. The Bertz CT molecular complexity index is 637. The van der Waals surface area contributed by atoms with E-state index < -0.39 is 0 Å². The number of tetrazole rings is 1. The van der Waals surface area contributed by atoms with Gasteiger partial charge < -0.3 is 4.74 Å². The van der Waals surface area contributed by atoms with Crippen LogP contribution in [0, 0.1) is 0 Å². The van der Waals surface area contributed by atoms with E-state index in [0.29, 0.717) is 11.9 Å². The zero-order valence-electron chi connectivity index (χ0n) is 11.9. The molecule has 8 heteroatoms. The van der Waals surface area contributed by atoms with Crippen molar-refractivity contribution in [1.29, 1.82) is 0 Å². The standard InChI is InChI=1S/C13H17N7O/c1-21-13-10-6-19(5-4-11(10)14-8-15-13)7-12-16-17-18-20(12)9-2-3-9/h8-9H,2-7H2,1H3. The molecule has 1 aliphatic heterocycles. The molecule has 0 radical (unpaired) electrons. The zero-order chi connectivity index (χ0) is 14.2. The average molecular weight is 287 g/mol. The minimum Gasteiger partial charge on any atom is -0.481 e. The molecular formula is C13H17N7O. The molecule has 2 aliphatic rings. The molecule has 1 saturated carbocycles. The van der Waals surface area contributed by atoms with Gasteiger partial charge in [-0.15, -0.1) is 5.10 Å². The molecule has 0 N–H and O–H groups in total. The van der Waals surface area contributed by atoms with Crippen LogP contribution in [0.15, 0.2) is 6.33 Å². The summed E-state index contributed by atoms with van der Waals surface area (Å²) in [7, 11) is 1.65. The Morgan fingerprint density at radius 1 is 1.33 bits per heavy atom. The van der Waals surface area contributed by atoms with Crippen molar-refractivity contribution < 1.29 is 4.74 Å². The Morgan fingerprint density at radius 3 is 3.05 bits per heavy atom. The van der Waals surface area contributed by atoms with Gasteiger partial charge in [0.2, 0.25) is 5.88 Å². The van der Waals surface area contributed by atoms with E-state index in [4.69, 9.17) is 4.74 Å². The molecule has 0 aromatic carbocycles. The van der Waals surface area contributed by atoms with Crippen molar-refractivity contribution in [2.24, 2.45) is 0 Å². The van der Waals surface area contributed by atoms with Crippen molar-refractivity contribution in [3.05, 3.63) is 23.4 Å². The van der Waals surface area contributed by atoms with Crippen LogP contribution in [0.1, 0.15) is 36.0 Å². The highest BCUT2D eigenvalue weighted by Gasteiger charge is 2.29. The largest absolute Gasteiger partial charge is 0.481 e. The fourth-order valence-corrected chi connectivity index (χ4v) is 2.80. The van der Waals surface area contributed by atoms with Gasteiger partial charge in [-0.3, -0.25) is 4.90 Å². The summed E-state index contributed by atoms with van der Waals surface area (Å²) in [6, 6.07) is 0.505. The zero-order valence-corrected chi connectivity index (χ0v) is 11.9. The smallest absolute Gasteiger partial charge is 0.220 e. The number of fused-ring (bicyclic) bond motifs is 1. The summed E-state index contributed by atoms with van der Waals surface area (Å²) in [6.07, 6.45) is 4.84. The van der Waals surface area contributed by atoms with Crippen LogP contribution in [0.2, 0.25) is 0 Å². The first-order chi connectivity index (χ1) is 10.3. The molecule has 0 unspecified atom stereocenters. The van der Waals surface area contributed by atoms with Crippen LogP contribution >= 0.6 is 0 Å². The Kier molecular flexibility index (Phi) is 3.03. The lowest BCUT2D eigenvalue weighted by atomic mass is 10.1. The number of nitrogens with zero attached hydrogens (tertiary/aromatic N) is 7. The molecule has 0 saturated heterocycles. The predicted molar refractivity (Wildman–Crippen MR) is 72.5 cm³/mol. The van der Waals surface area contributed by atoms with E-state index in [2.05, 4.69) is 30.4 Å². The third kappa shape index (κ3) is 2.35. The molecule has 21 heavy (non-hydrogen) atoms. The quantitative estimate of drug-likeness (QED) is 0.803. The number of hydrogen-bond acceptors (Lipinski definition) is 7. The first-order valence-electron chi connectivity index (χ1n) is 7.21. The maximum Gasteiger partial charge on any atom is 0.220 e. The summed E-state index contributed by atoms with van der Waals surface area (Å²) in [5.74, 6) is 1.61. The van der Waals surface area contributed by atoms with E-state index in [9.17, 15) is 0 Å². The minimum absolute atomic E-state index is 0.505. The van der Waals surface area contributed by atoms with Gasteiger partial charge in [0.1, 0.15) is 6.33 Å². The van der Waals surface area contributed by atoms with Crippen LogP contribution in [0.25, 0.3) is 0 Å². The predicted octanol–water partition coefficient (Wildman–Crippen LogP) is 0.365. The van der Waals surface area contributed by atoms with E-state index in [1.807, 2.05) is 4.68 Å². The fourth-order valence-electron chi connectivity index (χ4n) is 2.80. The highest BCUT2D eigenvalue weighted by Crippen LogP contribution is 2.34. The average Bonchev–Trinajstić information content (AvgIpc) is 3.26. The molecule has 1 aliphatic carbocycles. The lowest BCUT2D eigenvalue weighted by Gasteiger charge is -2.27. The molecule has 110 valence electrons. The van der Waals surface area contributed by atoms with E-state index in [1.54, 1.807) is 13.4 Å². The minimum atomic E-state index is 0.505. The molecule has 8 nitrogen and oxygen atoms in total. The van der Waals surface area contributed by atoms with E-state index in [1.165, 1.54) is 12.8 Å². The highest BCUT2D eigenvalue weighted by molar-refractivity contribution is 5.31. The molecule has 0 amide bonds. The molecule has 4 rings (SSSR count). The first kappa shape index (κ1) is 12.6. The van der Waals surface area contributed by atoms with Crippen LogP contribution in [0.3, 0.4) is 0 Å². The van der Waals surface area contributed by atoms with E-state index >= 15 is 0 Å². The number of hydrogen-bond donors (Lipinski definition) is 0. The molecule has 0 bridgehead atoms. The second-order valence-corrected chi connectivity index (χ2v) is 5.54. The van der Waals surface area contributed by atoms with Gasteiger partial charge in [-0.05, 0) is 23.3 Å². The van der Waals surface area contributed by atoms with Crippen LogP contribution in [-0.4, -0.2) is 48.7 Å². The van der Waals surface area contributed by atoms with Gasteiger partial charge >= 0.3 is 0 Å². The molecule has 3 heterocycles. The van der Waals surface area contributed by atoms with Gasteiger partial charge in [0.15, 0.2) is 5.82 Å². The summed E-state index contributed by atoms with van der Waals surface area (Å²) in [5, 5.41) is 12.1. The lowest BCUT2D eigenvalue weighted by Crippen LogP contribution is -2.32. The van der Waals surface area contributed by atoms with Crippen molar-refractivity contribution in [3.8, 4) is 5.88 Å².